The van der Waals surface area contributed by atoms with Gasteiger partial charge in [0.25, 0.3) is 0 Å². The van der Waals surface area contributed by atoms with Crippen molar-refractivity contribution in [2.75, 3.05) is 13.6 Å². The fourth-order valence-corrected chi connectivity index (χ4v) is 3.72. The summed E-state index contributed by atoms with van der Waals surface area (Å²) in [5, 5.41) is 5.03. The van der Waals surface area contributed by atoms with Gasteiger partial charge in [0.2, 0.25) is 0 Å². The summed E-state index contributed by atoms with van der Waals surface area (Å²) in [5.74, 6) is 0.703. The number of hydrogen-bond donors (Lipinski definition) is 1. The van der Waals surface area contributed by atoms with Crippen molar-refractivity contribution < 1.29 is 0 Å². The number of rotatable bonds is 4. The van der Waals surface area contributed by atoms with Crippen molar-refractivity contribution in [3.8, 4) is 0 Å². The van der Waals surface area contributed by atoms with E-state index in [-0.39, 0.29) is 0 Å². The van der Waals surface area contributed by atoms with E-state index in [2.05, 4.69) is 49.9 Å². The molecule has 1 aliphatic heterocycles. The molecule has 2 heterocycles. The molecule has 0 aromatic carbocycles. The Hall–Kier alpha value is -0.450. The van der Waals surface area contributed by atoms with E-state index in [0.29, 0.717) is 24.0 Å². The Morgan fingerprint density at radius 2 is 2.26 bits per heavy atom. The highest BCUT2D eigenvalue weighted by molar-refractivity contribution is 7.11. The molecule has 1 N–H and O–H groups in total. The Kier molecular flexibility index (Phi) is 4.98. The molecule has 0 spiro atoms. The Morgan fingerprint density at radius 1 is 1.53 bits per heavy atom. The van der Waals surface area contributed by atoms with E-state index in [1.54, 1.807) is 0 Å². The molecule has 108 valence electrons. The Balaban J connectivity index is 1.96. The molecule has 3 nitrogen and oxygen atoms in total. The molecule has 1 aromatic rings. The van der Waals surface area contributed by atoms with Crippen molar-refractivity contribution in [2.24, 2.45) is 5.92 Å². The van der Waals surface area contributed by atoms with Crippen molar-refractivity contribution in [3.05, 3.63) is 16.1 Å². The highest BCUT2D eigenvalue weighted by Gasteiger charge is 2.30. The lowest BCUT2D eigenvalue weighted by atomic mass is 9.89. The smallest absolute Gasteiger partial charge is 0.109 e. The quantitative estimate of drug-likeness (QED) is 0.919. The maximum absolute atomic E-state index is 4.56. The van der Waals surface area contributed by atoms with Crippen LogP contribution in [0.15, 0.2) is 6.20 Å². The van der Waals surface area contributed by atoms with E-state index in [1.165, 1.54) is 22.9 Å². The number of thiazole rings is 1. The SMILES string of the molecule is CCc1cnc(C(C)NC2CC(C)N(C)CC2C)s1. The fraction of sp³-hybridized carbons (Fsp3) is 0.800. The Labute approximate surface area is 121 Å². The zero-order valence-corrected chi connectivity index (χ0v) is 13.6. The van der Waals surface area contributed by atoms with Crippen LogP contribution in [0, 0.1) is 5.92 Å². The molecule has 2 rings (SSSR count). The summed E-state index contributed by atoms with van der Waals surface area (Å²) in [6, 6.07) is 1.65. The highest BCUT2D eigenvalue weighted by Crippen LogP contribution is 2.25. The molecular formula is C15H27N3S. The Morgan fingerprint density at radius 3 is 2.89 bits per heavy atom. The standard InChI is InChI=1S/C15H27N3S/c1-6-13-8-16-15(19-13)12(4)17-14-7-11(3)18(5)9-10(14)2/h8,10-12,14,17H,6-7,9H2,1-5H3. The maximum atomic E-state index is 4.56. The van der Waals surface area contributed by atoms with Crippen LogP contribution in [0.5, 0.6) is 0 Å². The zero-order chi connectivity index (χ0) is 14.0. The van der Waals surface area contributed by atoms with Gasteiger partial charge < -0.3 is 10.2 Å². The van der Waals surface area contributed by atoms with Crippen LogP contribution in [0.2, 0.25) is 0 Å². The van der Waals surface area contributed by atoms with Crippen LogP contribution in [0.1, 0.15) is 50.0 Å². The highest BCUT2D eigenvalue weighted by atomic mass is 32.1. The first kappa shape index (κ1) is 14.9. The van der Waals surface area contributed by atoms with Crippen molar-refractivity contribution in [1.29, 1.82) is 0 Å². The molecule has 0 aliphatic carbocycles. The van der Waals surface area contributed by atoms with E-state index in [9.17, 15) is 0 Å². The first-order chi connectivity index (χ1) is 9.01. The lowest BCUT2D eigenvalue weighted by molar-refractivity contribution is 0.116. The summed E-state index contributed by atoms with van der Waals surface area (Å²) in [4.78, 5) is 8.40. The number of likely N-dealkylation sites (tertiary alicyclic amines) is 1. The lowest BCUT2D eigenvalue weighted by Crippen LogP contribution is -2.51. The minimum Gasteiger partial charge on any atom is -0.305 e. The average Bonchev–Trinajstić information content (AvgIpc) is 2.84. The number of piperidine rings is 1. The Bertz CT molecular complexity index is 404. The summed E-state index contributed by atoms with van der Waals surface area (Å²) in [5.41, 5.74) is 0. The minimum absolute atomic E-state index is 0.369. The average molecular weight is 281 g/mol. The molecule has 1 aromatic heterocycles. The second kappa shape index (κ2) is 6.33. The number of nitrogens with zero attached hydrogens (tertiary/aromatic N) is 2. The van der Waals surface area contributed by atoms with Gasteiger partial charge in [0.15, 0.2) is 0 Å². The normalized spacial score (nSPS) is 30.5. The van der Waals surface area contributed by atoms with Gasteiger partial charge in [-0.3, -0.25) is 0 Å². The number of aromatic nitrogens is 1. The van der Waals surface area contributed by atoms with Crippen LogP contribution in [-0.4, -0.2) is 35.6 Å². The third-order valence-corrected chi connectivity index (χ3v) is 5.69. The molecule has 1 saturated heterocycles. The van der Waals surface area contributed by atoms with Crippen molar-refractivity contribution >= 4 is 11.3 Å². The summed E-state index contributed by atoms with van der Waals surface area (Å²) in [6.45, 7) is 10.3. The van der Waals surface area contributed by atoms with Crippen LogP contribution in [-0.2, 0) is 6.42 Å². The van der Waals surface area contributed by atoms with Gasteiger partial charge in [-0.2, -0.15) is 0 Å². The molecule has 0 saturated carbocycles. The molecule has 4 atom stereocenters. The minimum atomic E-state index is 0.369. The second-order valence-electron chi connectivity index (χ2n) is 6.01. The van der Waals surface area contributed by atoms with Crippen LogP contribution >= 0.6 is 11.3 Å². The van der Waals surface area contributed by atoms with Crippen molar-refractivity contribution in [2.45, 2.75) is 58.7 Å². The summed E-state index contributed by atoms with van der Waals surface area (Å²) in [6.07, 6.45) is 4.35. The molecule has 1 aliphatic rings. The van der Waals surface area contributed by atoms with E-state index in [1.807, 2.05) is 17.5 Å². The summed E-state index contributed by atoms with van der Waals surface area (Å²) >= 11 is 1.85. The van der Waals surface area contributed by atoms with Crippen LogP contribution in [0.25, 0.3) is 0 Å². The molecule has 1 fully saturated rings. The lowest BCUT2D eigenvalue weighted by Gasteiger charge is -2.41. The first-order valence-electron chi connectivity index (χ1n) is 7.42. The molecule has 4 unspecified atom stereocenters. The largest absolute Gasteiger partial charge is 0.305 e. The predicted octanol–water partition coefficient (Wildman–Crippen LogP) is 3.08. The monoisotopic (exact) mass is 281 g/mol. The number of nitrogens with one attached hydrogen (secondary N) is 1. The first-order valence-corrected chi connectivity index (χ1v) is 8.23. The van der Waals surface area contributed by atoms with E-state index in [0.717, 1.165) is 6.42 Å². The van der Waals surface area contributed by atoms with Crippen molar-refractivity contribution in [1.82, 2.24) is 15.2 Å². The van der Waals surface area contributed by atoms with Crippen molar-refractivity contribution in [3.63, 3.8) is 0 Å². The fourth-order valence-electron chi connectivity index (χ4n) is 2.85. The summed E-state index contributed by atoms with van der Waals surface area (Å²) in [7, 11) is 2.23. The number of hydrogen-bond acceptors (Lipinski definition) is 4. The molecule has 4 heteroatoms. The van der Waals surface area contributed by atoms with Gasteiger partial charge in [0.1, 0.15) is 5.01 Å². The molecule has 0 bridgehead atoms. The van der Waals surface area contributed by atoms with E-state index < -0.39 is 0 Å². The predicted molar refractivity (Wildman–Crippen MR) is 82.7 cm³/mol. The maximum Gasteiger partial charge on any atom is 0.109 e. The van der Waals surface area contributed by atoms with Gasteiger partial charge in [-0.15, -0.1) is 11.3 Å². The number of aryl methyl sites for hydroxylation is 1. The van der Waals surface area contributed by atoms with E-state index in [4.69, 9.17) is 0 Å². The molecular weight excluding hydrogens is 254 g/mol. The van der Waals surface area contributed by atoms with Gasteiger partial charge in [-0.25, -0.2) is 4.98 Å². The summed E-state index contributed by atoms with van der Waals surface area (Å²) < 4.78 is 0. The van der Waals surface area contributed by atoms with Gasteiger partial charge in [0.05, 0.1) is 6.04 Å². The van der Waals surface area contributed by atoms with Gasteiger partial charge in [-0.1, -0.05) is 13.8 Å². The van der Waals surface area contributed by atoms with E-state index >= 15 is 0 Å². The van der Waals surface area contributed by atoms with Gasteiger partial charge in [0, 0.05) is 29.7 Å². The third-order valence-electron chi connectivity index (χ3n) is 4.36. The third kappa shape index (κ3) is 3.56. The topological polar surface area (TPSA) is 28.2 Å². The van der Waals surface area contributed by atoms with Crippen LogP contribution in [0.4, 0.5) is 0 Å². The van der Waals surface area contributed by atoms with Crippen LogP contribution < -0.4 is 5.32 Å². The molecule has 0 radical (unpaired) electrons. The molecule has 19 heavy (non-hydrogen) atoms. The van der Waals surface area contributed by atoms with Gasteiger partial charge in [-0.05, 0) is 39.7 Å². The zero-order valence-electron chi connectivity index (χ0n) is 12.8. The molecule has 0 amide bonds. The second-order valence-corrected chi connectivity index (χ2v) is 7.16. The van der Waals surface area contributed by atoms with Crippen LogP contribution in [0.3, 0.4) is 0 Å². The van der Waals surface area contributed by atoms with Gasteiger partial charge >= 0.3 is 0 Å².